The zero-order chi connectivity index (χ0) is 20.4. The van der Waals surface area contributed by atoms with Gasteiger partial charge in [0.15, 0.2) is 5.82 Å². The smallest absolute Gasteiger partial charge is 0.154 e. The number of pyridine rings is 2. The summed E-state index contributed by atoms with van der Waals surface area (Å²) in [5, 5.41) is 8.47. The molecule has 4 aromatic rings. The third-order valence-corrected chi connectivity index (χ3v) is 3.74. The molecule has 1 radical (unpaired) electrons. The Balaban J connectivity index is 0.000000249. The van der Waals surface area contributed by atoms with Crippen LogP contribution in [0, 0.1) is 20.0 Å². The van der Waals surface area contributed by atoms with Crippen LogP contribution in [-0.4, -0.2) is 42.0 Å². The van der Waals surface area contributed by atoms with Crippen molar-refractivity contribution in [1.82, 2.24) is 29.5 Å². The summed E-state index contributed by atoms with van der Waals surface area (Å²) >= 11 is 5.16. The molecule has 4 heterocycles. The number of halogens is 1. The second-order valence-electron chi connectivity index (χ2n) is 5.63. The van der Waals surface area contributed by atoms with E-state index in [-0.39, 0.29) is 20.1 Å². The Labute approximate surface area is 197 Å². The summed E-state index contributed by atoms with van der Waals surface area (Å²) in [6.45, 7) is 3.88. The van der Waals surface area contributed by atoms with Crippen LogP contribution in [0.2, 0.25) is 0 Å². The van der Waals surface area contributed by atoms with Crippen molar-refractivity contribution in [2.75, 3.05) is 12.5 Å². The minimum absolute atomic E-state index is 0. The molecule has 0 saturated carbocycles. The second kappa shape index (κ2) is 13.4. The molecule has 0 aliphatic carbocycles. The van der Waals surface area contributed by atoms with Gasteiger partial charge < -0.3 is 9.67 Å². The van der Waals surface area contributed by atoms with Gasteiger partial charge >= 0.3 is 0 Å². The van der Waals surface area contributed by atoms with Gasteiger partial charge in [-0.1, -0.05) is 31.3 Å². The molecule has 0 N–H and O–H groups in total. The Kier molecular flexibility index (Phi) is 11.7. The predicted molar refractivity (Wildman–Crippen MR) is 118 cm³/mol. The van der Waals surface area contributed by atoms with Gasteiger partial charge in [0.1, 0.15) is 4.60 Å². The maximum atomic E-state index is 4.29. The number of aromatic nitrogens is 6. The summed E-state index contributed by atoms with van der Waals surface area (Å²) < 4.78 is 4.31. The van der Waals surface area contributed by atoms with E-state index in [0.717, 1.165) is 27.6 Å². The quantitative estimate of drug-likeness (QED) is 0.295. The predicted octanol–water partition coefficient (Wildman–Crippen LogP) is 4.69. The van der Waals surface area contributed by atoms with Crippen LogP contribution in [0.15, 0.2) is 65.5 Å². The van der Waals surface area contributed by atoms with Gasteiger partial charge in [0.05, 0.1) is 11.5 Å². The fraction of sp³-hybridized carbons (Fsp3) is 0.200. The van der Waals surface area contributed by atoms with E-state index in [1.165, 1.54) is 0 Å². The fourth-order valence-corrected chi connectivity index (χ4v) is 2.67. The minimum Gasteiger partial charge on any atom is -0.343 e. The van der Waals surface area contributed by atoms with Crippen LogP contribution >= 0.6 is 27.7 Å². The summed E-state index contributed by atoms with van der Waals surface area (Å²) in [5.74, 6) is 1.62. The van der Waals surface area contributed by atoms with E-state index in [1.807, 2.05) is 74.9 Å². The van der Waals surface area contributed by atoms with Crippen molar-refractivity contribution in [3.05, 3.63) is 83.1 Å². The van der Waals surface area contributed by atoms with Gasteiger partial charge in [0.25, 0.3) is 0 Å². The summed E-state index contributed by atoms with van der Waals surface area (Å²) in [5.41, 5.74) is 1.91. The Morgan fingerprint density at radius 2 is 1.48 bits per heavy atom. The van der Waals surface area contributed by atoms with Crippen LogP contribution in [0.25, 0.3) is 11.6 Å². The molecule has 0 atom stereocenters. The Bertz CT molecular complexity index is 960. The fourth-order valence-electron chi connectivity index (χ4n) is 2.07. The van der Waals surface area contributed by atoms with Crippen LogP contribution < -0.4 is 0 Å². The molecule has 6 nitrogen and oxygen atoms in total. The molecular formula is C20H22BrIrN6S-. The van der Waals surface area contributed by atoms with Crippen LogP contribution in [0.5, 0.6) is 0 Å². The normalized spacial score (nSPS) is 9.41. The second-order valence-corrected chi connectivity index (χ2v) is 7.26. The van der Waals surface area contributed by atoms with E-state index in [0.29, 0.717) is 0 Å². The van der Waals surface area contributed by atoms with Crippen LogP contribution in [0.3, 0.4) is 0 Å². The molecule has 4 rings (SSSR count). The van der Waals surface area contributed by atoms with Crippen LogP contribution in [0.4, 0.5) is 0 Å². The number of aryl methyl sites for hydroxylation is 2. The van der Waals surface area contributed by atoms with Gasteiger partial charge in [-0.15, -0.1) is 6.07 Å². The van der Waals surface area contributed by atoms with Gasteiger partial charge in [-0.05, 0) is 65.3 Å². The summed E-state index contributed by atoms with van der Waals surface area (Å²) in [7, 11) is 0. The standard InChI is InChI=1S/C9H8BrN3.C9H8N3.C2H6S.Ir/c1-7-6-8(10)13(12-7)9-4-2-3-5-11-9;1-8-5-7-12(11-8)9-4-2-3-6-10-9;1-3-2;/h2-6H,1H3;2-6H,1H3;1-2H3;/q;-1;;. The topological polar surface area (TPSA) is 61.4 Å². The van der Waals surface area contributed by atoms with E-state index >= 15 is 0 Å². The number of rotatable bonds is 2. The maximum absolute atomic E-state index is 4.29. The Hall–Kier alpha value is -1.80. The van der Waals surface area contributed by atoms with E-state index in [1.54, 1.807) is 33.5 Å². The average molecular weight is 651 g/mol. The molecule has 0 fully saturated rings. The minimum atomic E-state index is 0. The molecule has 4 aromatic heterocycles. The van der Waals surface area contributed by atoms with E-state index in [2.05, 4.69) is 42.3 Å². The van der Waals surface area contributed by atoms with E-state index in [4.69, 9.17) is 0 Å². The number of nitrogens with zero attached hydrogens (tertiary/aromatic N) is 6. The first kappa shape index (κ1) is 25.2. The third kappa shape index (κ3) is 8.22. The van der Waals surface area contributed by atoms with Gasteiger partial charge in [-0.3, -0.25) is 5.10 Å². The van der Waals surface area contributed by atoms with Crippen molar-refractivity contribution < 1.29 is 20.1 Å². The average Bonchev–Trinajstić information content (AvgIpc) is 3.29. The first-order valence-corrected chi connectivity index (χ1v) is 10.9. The van der Waals surface area contributed by atoms with Gasteiger partial charge in [-0.2, -0.15) is 16.9 Å². The molecule has 0 aliphatic rings. The summed E-state index contributed by atoms with van der Waals surface area (Å²) in [6, 6.07) is 15.2. The van der Waals surface area contributed by atoms with Crippen molar-refractivity contribution in [1.29, 1.82) is 0 Å². The molecule has 0 bridgehead atoms. The Morgan fingerprint density at radius 1 is 0.897 bits per heavy atom. The SMILES string of the molecule is CSC.Cc1c[c-]n(-c2ccccn2)n1.Cc1cc(Br)n(-c2ccccn2)n1.[Ir]. The molecule has 0 spiro atoms. The molecule has 0 unspecified atom stereocenters. The van der Waals surface area contributed by atoms with Crippen molar-refractivity contribution in [3.8, 4) is 11.6 Å². The van der Waals surface area contributed by atoms with Gasteiger partial charge in [0, 0.05) is 32.5 Å². The Morgan fingerprint density at radius 3 is 1.90 bits per heavy atom. The third-order valence-electron chi connectivity index (χ3n) is 3.17. The molecule has 155 valence electrons. The molecule has 29 heavy (non-hydrogen) atoms. The van der Waals surface area contributed by atoms with E-state index in [9.17, 15) is 0 Å². The van der Waals surface area contributed by atoms with Crippen LogP contribution in [-0.2, 0) is 20.1 Å². The monoisotopic (exact) mass is 650 g/mol. The molecular weight excluding hydrogens is 628 g/mol. The zero-order valence-corrected chi connectivity index (χ0v) is 21.4. The zero-order valence-electron chi connectivity index (χ0n) is 16.6. The van der Waals surface area contributed by atoms with Crippen molar-refractivity contribution in [2.45, 2.75) is 13.8 Å². The first-order valence-electron chi connectivity index (χ1n) is 8.44. The number of hydrogen-bond donors (Lipinski definition) is 0. The first-order chi connectivity index (χ1) is 13.5. The number of hydrogen-bond acceptors (Lipinski definition) is 5. The summed E-state index contributed by atoms with van der Waals surface area (Å²) in [4.78, 5) is 8.33. The van der Waals surface area contributed by atoms with E-state index < -0.39 is 0 Å². The van der Waals surface area contributed by atoms with Crippen molar-refractivity contribution >= 4 is 27.7 Å². The largest absolute Gasteiger partial charge is 0.343 e. The van der Waals surface area contributed by atoms with Gasteiger partial charge in [0.2, 0.25) is 0 Å². The molecule has 9 heteroatoms. The summed E-state index contributed by atoms with van der Waals surface area (Å²) in [6.07, 6.45) is 10.5. The molecule has 0 aliphatic heterocycles. The van der Waals surface area contributed by atoms with Crippen molar-refractivity contribution in [2.24, 2.45) is 0 Å². The van der Waals surface area contributed by atoms with Crippen molar-refractivity contribution in [3.63, 3.8) is 0 Å². The number of thioether (sulfide) groups is 1. The van der Waals surface area contributed by atoms with Gasteiger partial charge in [-0.25, -0.2) is 9.67 Å². The maximum Gasteiger partial charge on any atom is 0.154 e. The molecule has 0 aromatic carbocycles. The molecule has 0 saturated heterocycles. The molecule has 0 amide bonds. The van der Waals surface area contributed by atoms with Crippen LogP contribution in [0.1, 0.15) is 11.4 Å².